The molecule has 0 radical (unpaired) electrons. The number of carbonyl (C=O) groups excluding carboxylic acids is 1. The minimum absolute atomic E-state index is 0.0934. The molecule has 4 heteroatoms. The van der Waals surface area contributed by atoms with Gasteiger partial charge in [-0.25, -0.2) is 0 Å². The van der Waals surface area contributed by atoms with Gasteiger partial charge < -0.3 is 4.90 Å². The van der Waals surface area contributed by atoms with Gasteiger partial charge in [0.1, 0.15) is 0 Å². The first-order valence-electron chi connectivity index (χ1n) is 2.95. The molecule has 1 saturated heterocycles. The molecule has 0 spiro atoms. The number of thiol groups is 1. The van der Waals surface area contributed by atoms with E-state index >= 15 is 0 Å². The molecule has 0 saturated carbocycles. The van der Waals surface area contributed by atoms with Crippen LogP contribution in [-0.4, -0.2) is 23.2 Å². The number of nitrogens with zero attached hydrogens (tertiary/aromatic N) is 1. The molecular formula is C5H9NOS2. The minimum atomic E-state index is 0.0934. The molecule has 1 aliphatic rings. The molecule has 1 heterocycles. The zero-order chi connectivity index (χ0) is 6.69. The largest absolute Gasteiger partial charge is 0.333 e. The summed E-state index contributed by atoms with van der Waals surface area (Å²) in [5.74, 6) is 0. The molecule has 1 fully saturated rings. The lowest BCUT2D eigenvalue weighted by Gasteiger charge is -2.11. The highest BCUT2D eigenvalue weighted by Gasteiger charge is 2.16. The first-order chi connectivity index (χ1) is 4.34. The maximum Gasteiger partial charge on any atom is 0.292 e. The molecule has 0 aliphatic carbocycles. The van der Waals surface area contributed by atoms with E-state index in [1.165, 1.54) is 0 Å². The summed E-state index contributed by atoms with van der Waals surface area (Å²) in [6, 6.07) is 0. The van der Waals surface area contributed by atoms with Gasteiger partial charge in [-0.1, -0.05) is 0 Å². The lowest BCUT2D eigenvalue weighted by molar-refractivity contribution is 0.234. The number of likely N-dealkylation sites (tertiary alicyclic amines) is 1. The third-order valence-electron chi connectivity index (χ3n) is 1.44. The first-order valence-corrected chi connectivity index (χ1v) is 4.82. The average Bonchev–Trinajstić information content (AvgIpc) is 2.37. The van der Waals surface area contributed by atoms with Gasteiger partial charge in [0.2, 0.25) is 0 Å². The number of rotatable bonds is 0. The van der Waals surface area contributed by atoms with Gasteiger partial charge in [-0.15, -0.1) is 11.7 Å². The number of amides is 1. The molecule has 0 bridgehead atoms. The normalized spacial score (nSPS) is 18.6. The third-order valence-corrected chi connectivity index (χ3v) is 2.33. The summed E-state index contributed by atoms with van der Waals surface area (Å²) in [7, 11) is 1.00. The summed E-state index contributed by atoms with van der Waals surface area (Å²) >= 11 is 3.82. The molecule has 1 amide bonds. The van der Waals surface area contributed by atoms with Crippen molar-refractivity contribution in [2.24, 2.45) is 0 Å². The molecule has 0 aromatic carbocycles. The number of hydrogen-bond donors (Lipinski definition) is 1. The molecule has 2 nitrogen and oxygen atoms in total. The zero-order valence-electron chi connectivity index (χ0n) is 5.04. The maximum atomic E-state index is 10.8. The van der Waals surface area contributed by atoms with Gasteiger partial charge in [0.05, 0.1) is 0 Å². The monoisotopic (exact) mass is 163 g/mol. The predicted octanol–water partition coefficient (Wildman–Crippen LogP) is 1.78. The molecule has 0 N–H and O–H groups in total. The van der Waals surface area contributed by atoms with Gasteiger partial charge in [0.15, 0.2) is 0 Å². The summed E-state index contributed by atoms with van der Waals surface area (Å²) in [6.07, 6.45) is 2.31. The Balaban J connectivity index is 2.32. The Bertz CT molecular complexity index is 112. The Labute approximate surface area is 63.8 Å². The Hall–Kier alpha value is 0.170. The van der Waals surface area contributed by atoms with Crippen molar-refractivity contribution >= 4 is 27.7 Å². The quantitative estimate of drug-likeness (QED) is 0.434. The second kappa shape index (κ2) is 3.37. The number of hydrogen-bond acceptors (Lipinski definition) is 3. The summed E-state index contributed by atoms with van der Waals surface area (Å²) in [6.45, 7) is 1.85. The SMILES string of the molecule is O=C(SS)N1CCCC1. The third kappa shape index (κ3) is 1.79. The lowest BCUT2D eigenvalue weighted by atomic mass is 10.4. The molecule has 9 heavy (non-hydrogen) atoms. The lowest BCUT2D eigenvalue weighted by Crippen LogP contribution is -2.22. The Morgan fingerprint density at radius 2 is 2.00 bits per heavy atom. The Morgan fingerprint density at radius 3 is 2.44 bits per heavy atom. The van der Waals surface area contributed by atoms with Crippen LogP contribution in [0.3, 0.4) is 0 Å². The van der Waals surface area contributed by atoms with Crippen LogP contribution in [0.2, 0.25) is 0 Å². The smallest absolute Gasteiger partial charge is 0.292 e. The van der Waals surface area contributed by atoms with Crippen LogP contribution in [0.4, 0.5) is 4.79 Å². The second-order valence-corrected chi connectivity index (χ2v) is 3.13. The minimum Gasteiger partial charge on any atom is -0.333 e. The van der Waals surface area contributed by atoms with Crippen LogP contribution in [0, 0.1) is 0 Å². The van der Waals surface area contributed by atoms with E-state index in [4.69, 9.17) is 0 Å². The van der Waals surface area contributed by atoms with Crippen molar-refractivity contribution in [1.82, 2.24) is 4.90 Å². The van der Waals surface area contributed by atoms with Crippen molar-refractivity contribution in [3.05, 3.63) is 0 Å². The molecule has 0 aromatic rings. The fourth-order valence-corrected chi connectivity index (χ4v) is 1.60. The van der Waals surface area contributed by atoms with Crippen molar-refractivity contribution in [2.45, 2.75) is 12.8 Å². The van der Waals surface area contributed by atoms with Gasteiger partial charge in [0.25, 0.3) is 5.24 Å². The van der Waals surface area contributed by atoms with E-state index in [2.05, 4.69) is 11.7 Å². The molecule has 1 rings (SSSR count). The van der Waals surface area contributed by atoms with Crippen molar-refractivity contribution in [3.63, 3.8) is 0 Å². The van der Waals surface area contributed by atoms with Crippen LogP contribution in [0.25, 0.3) is 0 Å². The van der Waals surface area contributed by atoms with Crippen LogP contribution >= 0.6 is 22.5 Å². The topological polar surface area (TPSA) is 20.3 Å². The summed E-state index contributed by atoms with van der Waals surface area (Å²) < 4.78 is 0. The van der Waals surface area contributed by atoms with Gasteiger partial charge >= 0.3 is 0 Å². The standard InChI is InChI=1S/C5H9NOS2/c7-5(9-8)6-3-1-2-4-6/h8H,1-4H2. The van der Waals surface area contributed by atoms with Gasteiger partial charge in [0, 0.05) is 23.9 Å². The average molecular weight is 163 g/mol. The van der Waals surface area contributed by atoms with Crippen molar-refractivity contribution in [3.8, 4) is 0 Å². The Morgan fingerprint density at radius 1 is 1.44 bits per heavy atom. The van der Waals surface area contributed by atoms with Crippen molar-refractivity contribution < 1.29 is 4.79 Å². The fraction of sp³-hybridized carbons (Fsp3) is 0.800. The van der Waals surface area contributed by atoms with E-state index in [0.717, 1.165) is 36.7 Å². The molecule has 1 aliphatic heterocycles. The fourth-order valence-electron chi connectivity index (χ4n) is 0.957. The first kappa shape index (κ1) is 7.28. The second-order valence-electron chi connectivity index (χ2n) is 2.05. The predicted molar refractivity (Wildman–Crippen MR) is 42.8 cm³/mol. The maximum absolute atomic E-state index is 10.8. The molecule has 0 aromatic heterocycles. The highest BCUT2D eigenvalue weighted by Crippen LogP contribution is 2.17. The van der Waals surface area contributed by atoms with Crippen LogP contribution in [0.5, 0.6) is 0 Å². The van der Waals surface area contributed by atoms with Crippen LogP contribution in [-0.2, 0) is 0 Å². The molecular weight excluding hydrogens is 154 g/mol. The molecule has 0 atom stereocenters. The molecule has 52 valence electrons. The van der Waals surface area contributed by atoms with E-state index in [-0.39, 0.29) is 5.24 Å². The summed E-state index contributed by atoms with van der Waals surface area (Å²) in [4.78, 5) is 12.7. The van der Waals surface area contributed by atoms with Gasteiger partial charge in [-0.2, -0.15) is 0 Å². The number of carbonyl (C=O) groups is 1. The Kier molecular flexibility index (Phi) is 2.72. The van der Waals surface area contributed by atoms with Crippen molar-refractivity contribution in [1.29, 1.82) is 0 Å². The summed E-state index contributed by atoms with van der Waals surface area (Å²) in [5, 5.41) is 0.0934. The van der Waals surface area contributed by atoms with Crippen LogP contribution < -0.4 is 0 Å². The van der Waals surface area contributed by atoms with Gasteiger partial charge in [-0.05, 0) is 12.8 Å². The molecule has 0 unspecified atom stereocenters. The highest BCUT2D eigenvalue weighted by atomic mass is 33.1. The van der Waals surface area contributed by atoms with E-state index in [1.54, 1.807) is 0 Å². The van der Waals surface area contributed by atoms with Crippen LogP contribution in [0.15, 0.2) is 0 Å². The van der Waals surface area contributed by atoms with Crippen LogP contribution in [0.1, 0.15) is 12.8 Å². The summed E-state index contributed by atoms with van der Waals surface area (Å²) in [5.41, 5.74) is 0. The zero-order valence-corrected chi connectivity index (χ0v) is 6.75. The van der Waals surface area contributed by atoms with Gasteiger partial charge in [-0.3, -0.25) is 4.79 Å². The van der Waals surface area contributed by atoms with E-state index in [1.807, 2.05) is 4.90 Å². The van der Waals surface area contributed by atoms with E-state index in [0.29, 0.717) is 0 Å². The van der Waals surface area contributed by atoms with Crippen molar-refractivity contribution in [2.75, 3.05) is 13.1 Å². The van der Waals surface area contributed by atoms with E-state index in [9.17, 15) is 4.79 Å². The highest BCUT2D eigenvalue weighted by molar-refractivity contribution is 8.74. The van der Waals surface area contributed by atoms with E-state index < -0.39 is 0 Å².